The number of hydrazine groups is 1. The zero-order chi connectivity index (χ0) is 18.4. The van der Waals surface area contributed by atoms with E-state index < -0.39 is 9.33 Å². The number of carbonyl (C=O) groups is 1. The molecule has 1 aliphatic heterocycles. The normalized spacial score (nSPS) is 13.7. The Morgan fingerprint density at radius 1 is 1.12 bits per heavy atom. The maximum absolute atomic E-state index is 10.9. The van der Waals surface area contributed by atoms with Gasteiger partial charge in [0.25, 0.3) is 0 Å². The molecule has 0 saturated heterocycles. The van der Waals surface area contributed by atoms with Gasteiger partial charge in [0.15, 0.2) is 0 Å². The standard InChI is InChI=1S/C15H29N3O.ClHO3S/c1-3-4-5-6-7-8-9-10-11-17-12-13-18(14-17)16-15(2)19;1-5(2,3)4/h12-13H,3-11,14H2,1-2H3,(H,16,19);(H,2,3,4). The first-order valence-corrected chi connectivity index (χ1v) is 10.6. The van der Waals surface area contributed by atoms with E-state index in [-0.39, 0.29) is 5.91 Å². The Bertz CT molecular complexity index is 463. The van der Waals surface area contributed by atoms with Gasteiger partial charge >= 0.3 is 9.33 Å². The first-order chi connectivity index (χ1) is 11.2. The molecule has 7 nitrogen and oxygen atoms in total. The van der Waals surface area contributed by atoms with E-state index in [1.54, 1.807) is 0 Å². The average Bonchev–Trinajstić information content (AvgIpc) is 2.86. The Labute approximate surface area is 150 Å². The molecule has 0 atom stereocenters. The molecule has 0 aromatic heterocycles. The van der Waals surface area contributed by atoms with Gasteiger partial charge in [0.1, 0.15) is 6.67 Å². The van der Waals surface area contributed by atoms with Crippen molar-refractivity contribution in [3.63, 3.8) is 0 Å². The number of unbranched alkanes of at least 4 members (excludes halogenated alkanes) is 7. The molecule has 0 radical (unpaired) electrons. The van der Waals surface area contributed by atoms with Gasteiger partial charge in [-0.2, -0.15) is 8.42 Å². The van der Waals surface area contributed by atoms with Crippen LogP contribution in [0.5, 0.6) is 0 Å². The lowest BCUT2D eigenvalue weighted by Crippen LogP contribution is -2.39. The van der Waals surface area contributed by atoms with Gasteiger partial charge in [-0.1, -0.05) is 51.9 Å². The highest BCUT2D eigenvalue weighted by atomic mass is 35.7. The van der Waals surface area contributed by atoms with Crippen LogP contribution in [0.4, 0.5) is 0 Å². The molecule has 1 rings (SSSR count). The largest absolute Gasteiger partial charge is 0.357 e. The highest BCUT2D eigenvalue weighted by molar-refractivity contribution is 8.09. The van der Waals surface area contributed by atoms with Crippen molar-refractivity contribution in [3.05, 3.63) is 12.4 Å². The molecule has 2 N–H and O–H groups in total. The summed E-state index contributed by atoms with van der Waals surface area (Å²) in [6.45, 7) is 5.65. The summed E-state index contributed by atoms with van der Waals surface area (Å²) in [5.74, 6) is -0.0152. The van der Waals surface area contributed by atoms with Crippen LogP contribution in [0, 0.1) is 0 Å². The van der Waals surface area contributed by atoms with Crippen LogP contribution >= 0.6 is 10.7 Å². The minimum absolute atomic E-state index is 0.0152. The lowest BCUT2D eigenvalue weighted by Gasteiger charge is -2.21. The number of halogens is 1. The predicted molar refractivity (Wildman–Crippen MR) is 96.4 cm³/mol. The molecule has 1 heterocycles. The Hall–Kier alpha value is -0.990. The van der Waals surface area contributed by atoms with Crippen LogP contribution in [0.3, 0.4) is 0 Å². The van der Waals surface area contributed by atoms with E-state index in [0.29, 0.717) is 0 Å². The molecule has 0 aliphatic carbocycles. The number of amides is 1. The van der Waals surface area contributed by atoms with Crippen molar-refractivity contribution in [2.45, 2.75) is 65.2 Å². The van der Waals surface area contributed by atoms with Gasteiger partial charge in [-0.25, -0.2) is 0 Å². The van der Waals surface area contributed by atoms with E-state index in [1.165, 1.54) is 58.3 Å². The van der Waals surface area contributed by atoms with E-state index in [9.17, 15) is 4.79 Å². The molecule has 142 valence electrons. The fourth-order valence-electron chi connectivity index (χ4n) is 2.33. The second-order valence-electron chi connectivity index (χ2n) is 5.78. The third kappa shape index (κ3) is 17.4. The molecule has 0 bridgehead atoms. The molecule has 0 unspecified atom stereocenters. The SMILES string of the molecule is CCCCCCCCCCN1C=CN(NC(C)=O)C1.O=S(=O)(O)Cl. The zero-order valence-corrected chi connectivity index (χ0v) is 16.2. The number of nitrogens with zero attached hydrogens (tertiary/aromatic N) is 2. The van der Waals surface area contributed by atoms with Crippen molar-refractivity contribution in [3.8, 4) is 0 Å². The van der Waals surface area contributed by atoms with Gasteiger partial charge in [0.05, 0.1) is 0 Å². The van der Waals surface area contributed by atoms with E-state index in [4.69, 9.17) is 13.0 Å². The van der Waals surface area contributed by atoms with E-state index in [2.05, 4.69) is 34.1 Å². The molecule has 0 aromatic carbocycles. The molecule has 0 fully saturated rings. The number of rotatable bonds is 10. The van der Waals surface area contributed by atoms with Crippen LogP contribution in [0.1, 0.15) is 65.2 Å². The molecule has 0 spiro atoms. The first-order valence-electron chi connectivity index (χ1n) is 8.35. The maximum atomic E-state index is 10.9. The molecule has 24 heavy (non-hydrogen) atoms. The van der Waals surface area contributed by atoms with E-state index in [1.807, 2.05) is 11.2 Å². The second kappa shape index (κ2) is 13.3. The van der Waals surface area contributed by atoms with Crippen LogP contribution in [0.25, 0.3) is 0 Å². The summed E-state index contributed by atoms with van der Waals surface area (Å²) in [5, 5.41) is 1.83. The molecule has 9 heteroatoms. The van der Waals surface area contributed by atoms with Crippen molar-refractivity contribution in [2.24, 2.45) is 0 Å². The Morgan fingerprint density at radius 3 is 2.12 bits per heavy atom. The summed E-state index contributed by atoms with van der Waals surface area (Å²) < 4.78 is 25.2. The van der Waals surface area contributed by atoms with Crippen LogP contribution in [-0.2, 0) is 14.1 Å². The quantitative estimate of drug-likeness (QED) is 0.342. The molecule has 1 aliphatic rings. The number of carbonyl (C=O) groups excluding carboxylic acids is 1. The summed E-state index contributed by atoms with van der Waals surface area (Å²) in [4.78, 5) is 13.2. The summed E-state index contributed by atoms with van der Waals surface area (Å²) in [5.41, 5.74) is 2.77. The van der Waals surface area contributed by atoms with Gasteiger partial charge in [-0.15, -0.1) is 0 Å². The minimum Gasteiger partial charge on any atom is -0.357 e. The first kappa shape index (κ1) is 23.0. The van der Waals surface area contributed by atoms with Gasteiger partial charge in [0.2, 0.25) is 5.91 Å². The average molecular weight is 384 g/mol. The zero-order valence-electron chi connectivity index (χ0n) is 14.6. The number of hydrogen-bond acceptors (Lipinski definition) is 5. The molecule has 0 saturated carbocycles. The second-order valence-corrected chi connectivity index (χ2v) is 7.77. The summed E-state index contributed by atoms with van der Waals surface area (Å²) in [7, 11) is -0.137. The lowest BCUT2D eigenvalue weighted by atomic mass is 10.1. The summed E-state index contributed by atoms with van der Waals surface area (Å²) >= 11 is 0. The van der Waals surface area contributed by atoms with Crippen LogP contribution in [0.15, 0.2) is 12.4 Å². The Kier molecular flexibility index (Phi) is 12.8. The molecular formula is C15H30ClN3O4S. The molecular weight excluding hydrogens is 354 g/mol. The lowest BCUT2D eigenvalue weighted by molar-refractivity contribution is -0.122. The highest BCUT2D eigenvalue weighted by Crippen LogP contribution is 2.10. The van der Waals surface area contributed by atoms with Gasteiger partial charge in [0, 0.05) is 36.6 Å². The third-order valence-electron chi connectivity index (χ3n) is 3.39. The topological polar surface area (TPSA) is 90.0 Å². The fourth-order valence-corrected chi connectivity index (χ4v) is 2.33. The van der Waals surface area contributed by atoms with Crippen molar-refractivity contribution < 1.29 is 17.8 Å². The molecule has 1 amide bonds. The smallest absolute Gasteiger partial charge is 0.353 e. The number of nitrogens with one attached hydrogen (secondary N) is 1. The van der Waals surface area contributed by atoms with Gasteiger partial charge in [-0.3, -0.25) is 19.8 Å². The van der Waals surface area contributed by atoms with Gasteiger partial charge in [-0.05, 0) is 6.42 Å². The van der Waals surface area contributed by atoms with Crippen LogP contribution in [0.2, 0.25) is 0 Å². The third-order valence-corrected chi connectivity index (χ3v) is 3.39. The summed E-state index contributed by atoms with van der Waals surface area (Å²) in [6.07, 6.45) is 14.8. The minimum atomic E-state index is -4.19. The van der Waals surface area contributed by atoms with Gasteiger partial charge < -0.3 is 4.90 Å². The van der Waals surface area contributed by atoms with Crippen LogP contribution in [-0.4, -0.2) is 42.0 Å². The van der Waals surface area contributed by atoms with Crippen LogP contribution < -0.4 is 5.43 Å². The van der Waals surface area contributed by atoms with Crippen molar-refractivity contribution >= 4 is 25.9 Å². The Balaban J connectivity index is 0.000000922. The van der Waals surface area contributed by atoms with Crippen molar-refractivity contribution in [1.29, 1.82) is 0 Å². The number of hydrogen-bond donors (Lipinski definition) is 2. The van der Waals surface area contributed by atoms with E-state index >= 15 is 0 Å². The van der Waals surface area contributed by atoms with Crippen molar-refractivity contribution in [2.75, 3.05) is 13.2 Å². The summed E-state index contributed by atoms with van der Waals surface area (Å²) in [6, 6.07) is 0. The monoisotopic (exact) mass is 383 g/mol. The van der Waals surface area contributed by atoms with E-state index in [0.717, 1.165) is 13.2 Å². The predicted octanol–water partition coefficient (Wildman–Crippen LogP) is 3.25. The fraction of sp³-hybridized carbons (Fsp3) is 0.800. The highest BCUT2D eigenvalue weighted by Gasteiger charge is 2.11. The molecule has 0 aromatic rings. The van der Waals surface area contributed by atoms with Crippen molar-refractivity contribution in [1.82, 2.24) is 15.3 Å². The Morgan fingerprint density at radius 2 is 1.62 bits per heavy atom. The maximum Gasteiger partial charge on any atom is 0.353 e.